The summed E-state index contributed by atoms with van der Waals surface area (Å²) < 4.78 is 13.4. The number of nitrogens with zero attached hydrogens (tertiary/aromatic N) is 2. The summed E-state index contributed by atoms with van der Waals surface area (Å²) in [6, 6.07) is 8.49. The predicted octanol–water partition coefficient (Wildman–Crippen LogP) is 3.82. The van der Waals surface area contributed by atoms with Crippen molar-refractivity contribution in [2.24, 2.45) is 0 Å². The third-order valence-electron chi connectivity index (χ3n) is 5.93. The second kappa shape index (κ2) is 8.40. The maximum atomic E-state index is 13.4. The molecule has 1 aliphatic rings. The van der Waals surface area contributed by atoms with Crippen molar-refractivity contribution in [1.82, 2.24) is 25.5 Å². The van der Waals surface area contributed by atoms with E-state index in [0.29, 0.717) is 0 Å². The maximum Gasteiger partial charge on any atom is 0.123 e. The molecule has 0 bridgehead atoms. The van der Waals surface area contributed by atoms with Gasteiger partial charge in [-0.3, -0.25) is 10.1 Å². The Bertz CT molecular complexity index is 1450. The average Bonchev–Trinajstić information content (AvgIpc) is 3.41. The third kappa shape index (κ3) is 3.81. The number of nitrogens with one attached hydrogen (secondary N) is 3. The molecule has 0 fully saturated rings. The van der Waals surface area contributed by atoms with Crippen LogP contribution >= 0.6 is 0 Å². The molecule has 5 nitrogen and oxygen atoms in total. The summed E-state index contributed by atoms with van der Waals surface area (Å²) in [5.74, 6) is -0.258. The highest BCUT2D eigenvalue weighted by molar-refractivity contribution is 5.97. The molecule has 160 valence electrons. The fourth-order valence-corrected chi connectivity index (χ4v) is 4.07. The van der Waals surface area contributed by atoms with Gasteiger partial charge in [-0.15, -0.1) is 0 Å². The van der Waals surface area contributed by atoms with Crippen molar-refractivity contribution in [2.45, 2.75) is 13.3 Å². The van der Waals surface area contributed by atoms with Gasteiger partial charge in [0.15, 0.2) is 0 Å². The molecule has 0 aliphatic carbocycles. The van der Waals surface area contributed by atoms with E-state index in [9.17, 15) is 4.39 Å². The Kier molecular flexibility index (Phi) is 5.29. The number of hydrogen-bond donors (Lipinski definition) is 3. The maximum absolute atomic E-state index is 13.4. The number of halogens is 1. The van der Waals surface area contributed by atoms with Crippen LogP contribution in [-0.2, 0) is 0 Å². The van der Waals surface area contributed by atoms with Crippen molar-refractivity contribution in [3.8, 4) is 22.5 Å². The SMILES string of the molecule is C=c1c(-c2cc3c(-c4ccc(F)cc4)cncc3[nH]2)n[nH]/c1=C/C=C(\C)C1=CCNCC1. The minimum atomic E-state index is -0.258. The largest absolute Gasteiger partial charge is 0.352 e. The first-order valence-electron chi connectivity index (χ1n) is 10.7. The molecule has 1 aromatic carbocycles. The molecule has 0 atom stereocenters. The lowest BCUT2D eigenvalue weighted by molar-refractivity contribution is 0.628. The lowest BCUT2D eigenvalue weighted by atomic mass is 10.0. The lowest BCUT2D eigenvalue weighted by Gasteiger charge is -2.13. The zero-order valence-corrected chi connectivity index (χ0v) is 17.9. The van der Waals surface area contributed by atoms with Gasteiger partial charge < -0.3 is 10.3 Å². The fourth-order valence-electron chi connectivity index (χ4n) is 4.07. The van der Waals surface area contributed by atoms with Gasteiger partial charge in [0, 0.05) is 28.9 Å². The van der Waals surface area contributed by atoms with Crippen LogP contribution in [0, 0.1) is 5.82 Å². The number of aromatic nitrogens is 4. The molecular weight excluding hydrogens is 401 g/mol. The van der Waals surface area contributed by atoms with Crippen molar-refractivity contribution in [3.05, 3.63) is 82.4 Å². The Morgan fingerprint density at radius 1 is 1.19 bits per heavy atom. The molecule has 4 aromatic rings. The topological polar surface area (TPSA) is 69.4 Å². The van der Waals surface area contributed by atoms with Crippen LogP contribution in [0.15, 0.2) is 66.0 Å². The monoisotopic (exact) mass is 425 g/mol. The number of aromatic amines is 2. The van der Waals surface area contributed by atoms with Gasteiger partial charge >= 0.3 is 0 Å². The second-order valence-corrected chi connectivity index (χ2v) is 8.00. The van der Waals surface area contributed by atoms with Crippen LogP contribution in [0.5, 0.6) is 0 Å². The number of H-pyrrole nitrogens is 2. The van der Waals surface area contributed by atoms with Gasteiger partial charge in [0.25, 0.3) is 0 Å². The van der Waals surface area contributed by atoms with E-state index in [1.165, 1.54) is 23.3 Å². The number of hydrogen-bond acceptors (Lipinski definition) is 3. The van der Waals surface area contributed by atoms with Gasteiger partial charge in [0.1, 0.15) is 11.5 Å². The molecule has 6 heteroatoms. The molecular formula is C26H24FN5. The van der Waals surface area contributed by atoms with Crippen LogP contribution < -0.4 is 15.9 Å². The predicted molar refractivity (Wildman–Crippen MR) is 128 cm³/mol. The van der Waals surface area contributed by atoms with Crippen LogP contribution in [0.4, 0.5) is 4.39 Å². The Labute approximate surface area is 185 Å². The van der Waals surface area contributed by atoms with Crippen molar-refractivity contribution >= 4 is 23.6 Å². The number of pyridine rings is 1. The molecule has 0 saturated carbocycles. The van der Waals surface area contributed by atoms with E-state index in [-0.39, 0.29) is 5.82 Å². The highest BCUT2D eigenvalue weighted by atomic mass is 19.1. The van der Waals surface area contributed by atoms with E-state index in [0.717, 1.165) is 63.5 Å². The van der Waals surface area contributed by atoms with E-state index in [1.807, 2.05) is 12.1 Å². The molecule has 0 saturated heterocycles. The summed E-state index contributed by atoms with van der Waals surface area (Å²) in [6.45, 7) is 8.32. The summed E-state index contributed by atoms with van der Waals surface area (Å²) in [4.78, 5) is 7.75. The first kappa shape index (κ1) is 20.2. The fraction of sp³-hybridized carbons (Fsp3) is 0.154. The van der Waals surface area contributed by atoms with E-state index >= 15 is 0 Å². The standard InChI is InChI=1S/C26H24FN5/c1-16(18-9-11-28-12-10-18)3-8-23-17(2)26(32-31-23)24-13-21-22(14-29-15-25(21)30-24)19-4-6-20(27)7-5-19/h3-9,13-15,28,30-31H,2,10-12H2,1H3/b16-3+,23-8+. The number of rotatable bonds is 4. The van der Waals surface area contributed by atoms with Crippen LogP contribution in [0.3, 0.4) is 0 Å². The molecule has 3 N–H and O–H groups in total. The zero-order valence-electron chi connectivity index (χ0n) is 17.9. The van der Waals surface area contributed by atoms with Gasteiger partial charge in [-0.05, 0) is 60.9 Å². The quantitative estimate of drug-likeness (QED) is 0.466. The normalized spacial score (nSPS) is 15.4. The van der Waals surface area contributed by atoms with E-state index in [2.05, 4.69) is 51.1 Å². The van der Waals surface area contributed by atoms with Crippen molar-refractivity contribution in [2.75, 3.05) is 13.1 Å². The Hall–Kier alpha value is -3.77. The first-order valence-corrected chi connectivity index (χ1v) is 10.7. The third-order valence-corrected chi connectivity index (χ3v) is 5.93. The summed E-state index contributed by atoms with van der Waals surface area (Å²) in [5, 5.41) is 13.7. The molecule has 0 unspecified atom stereocenters. The van der Waals surface area contributed by atoms with E-state index in [1.54, 1.807) is 24.5 Å². The number of fused-ring (bicyclic) bond motifs is 1. The summed E-state index contributed by atoms with van der Waals surface area (Å²) in [5.41, 5.74) is 7.00. The highest BCUT2D eigenvalue weighted by Crippen LogP contribution is 2.30. The molecule has 32 heavy (non-hydrogen) atoms. The molecule has 0 amide bonds. The van der Waals surface area contributed by atoms with E-state index in [4.69, 9.17) is 0 Å². The summed E-state index contributed by atoms with van der Waals surface area (Å²) in [7, 11) is 0. The number of allylic oxidation sites excluding steroid dienone is 2. The minimum absolute atomic E-state index is 0.258. The van der Waals surface area contributed by atoms with Crippen molar-refractivity contribution in [3.63, 3.8) is 0 Å². The smallest absolute Gasteiger partial charge is 0.123 e. The van der Waals surface area contributed by atoms with Gasteiger partial charge in [0.2, 0.25) is 0 Å². The minimum Gasteiger partial charge on any atom is -0.352 e. The van der Waals surface area contributed by atoms with Crippen LogP contribution in [0.2, 0.25) is 0 Å². The molecule has 0 radical (unpaired) electrons. The summed E-state index contributed by atoms with van der Waals surface area (Å²) in [6.07, 6.45) is 11.0. The van der Waals surface area contributed by atoms with Crippen LogP contribution in [0.1, 0.15) is 13.3 Å². The summed E-state index contributed by atoms with van der Waals surface area (Å²) >= 11 is 0. The molecule has 4 heterocycles. The second-order valence-electron chi connectivity index (χ2n) is 8.00. The molecule has 1 aliphatic heterocycles. The Morgan fingerprint density at radius 2 is 2.03 bits per heavy atom. The van der Waals surface area contributed by atoms with Gasteiger partial charge in [-0.2, -0.15) is 5.10 Å². The lowest BCUT2D eigenvalue weighted by Crippen LogP contribution is -2.22. The van der Waals surface area contributed by atoms with Crippen molar-refractivity contribution < 1.29 is 4.39 Å². The zero-order chi connectivity index (χ0) is 22.1. The van der Waals surface area contributed by atoms with Gasteiger partial charge in [-0.25, -0.2) is 4.39 Å². The highest BCUT2D eigenvalue weighted by Gasteiger charge is 2.12. The molecule has 3 aromatic heterocycles. The van der Waals surface area contributed by atoms with Crippen molar-refractivity contribution in [1.29, 1.82) is 0 Å². The van der Waals surface area contributed by atoms with E-state index < -0.39 is 0 Å². The number of benzene rings is 1. The average molecular weight is 426 g/mol. The van der Waals surface area contributed by atoms with Gasteiger partial charge in [-0.1, -0.05) is 30.9 Å². The molecule has 0 spiro atoms. The molecule has 5 rings (SSSR count). The van der Waals surface area contributed by atoms with Crippen LogP contribution in [0.25, 0.3) is 46.1 Å². The van der Waals surface area contributed by atoms with Crippen LogP contribution in [-0.4, -0.2) is 33.3 Å². The first-order chi connectivity index (χ1) is 15.6. The van der Waals surface area contributed by atoms with Gasteiger partial charge in [0.05, 0.1) is 22.8 Å². The Balaban J connectivity index is 1.52. The Morgan fingerprint density at radius 3 is 2.81 bits per heavy atom.